The maximum atomic E-state index is 11.9. The van der Waals surface area contributed by atoms with E-state index in [2.05, 4.69) is 16.8 Å². The summed E-state index contributed by atoms with van der Waals surface area (Å²) in [5.41, 5.74) is 3.91. The van der Waals surface area contributed by atoms with Gasteiger partial charge in [0.15, 0.2) is 0 Å². The van der Waals surface area contributed by atoms with Gasteiger partial charge in [-0.1, -0.05) is 30.0 Å². The van der Waals surface area contributed by atoms with E-state index in [-0.39, 0.29) is 6.09 Å². The molecule has 4 heteroatoms. The minimum atomic E-state index is -0.265. The number of fused-ring (bicyclic) bond motifs is 1. The highest BCUT2D eigenvalue weighted by Crippen LogP contribution is 2.18. The van der Waals surface area contributed by atoms with Crippen molar-refractivity contribution in [2.75, 3.05) is 13.2 Å². The summed E-state index contributed by atoms with van der Waals surface area (Å²) in [6.45, 7) is 3.38. The number of hydrogen-bond acceptors (Lipinski definition) is 3. The molecule has 4 nitrogen and oxygen atoms in total. The van der Waals surface area contributed by atoms with Gasteiger partial charge in [-0.3, -0.25) is 4.98 Å². The predicted octanol–water partition coefficient (Wildman–Crippen LogP) is 3.00. The Labute approximate surface area is 136 Å². The van der Waals surface area contributed by atoms with Gasteiger partial charge in [-0.05, 0) is 30.7 Å². The van der Waals surface area contributed by atoms with Crippen LogP contribution in [-0.2, 0) is 17.7 Å². The highest BCUT2D eigenvalue weighted by atomic mass is 16.6. The number of nitrogens with zero attached hydrogens (tertiary/aromatic N) is 2. The summed E-state index contributed by atoms with van der Waals surface area (Å²) in [6, 6.07) is 11.9. The molecule has 1 amide bonds. The first-order chi connectivity index (χ1) is 11.3. The van der Waals surface area contributed by atoms with E-state index in [1.165, 1.54) is 0 Å². The maximum Gasteiger partial charge on any atom is 0.410 e. The fraction of sp³-hybridized carbons (Fsp3) is 0.263. The van der Waals surface area contributed by atoms with Crippen LogP contribution in [0.1, 0.15) is 29.3 Å². The first-order valence-electron chi connectivity index (χ1n) is 7.73. The van der Waals surface area contributed by atoms with Crippen LogP contribution in [0.25, 0.3) is 0 Å². The number of amides is 1. The van der Waals surface area contributed by atoms with E-state index in [4.69, 9.17) is 4.74 Å². The number of pyridine rings is 1. The molecule has 0 aliphatic carbocycles. The van der Waals surface area contributed by atoms with Gasteiger partial charge >= 0.3 is 6.09 Å². The van der Waals surface area contributed by atoms with Crippen LogP contribution in [0.2, 0.25) is 0 Å². The SMILES string of the molecule is CCOC(=O)N1CCc2ncc(C#Cc3ccccc3)cc2C1. The smallest absolute Gasteiger partial charge is 0.410 e. The van der Waals surface area contributed by atoms with Gasteiger partial charge in [0.1, 0.15) is 0 Å². The normalized spacial score (nSPS) is 12.8. The zero-order valence-corrected chi connectivity index (χ0v) is 13.1. The third kappa shape index (κ3) is 3.70. The summed E-state index contributed by atoms with van der Waals surface area (Å²) in [7, 11) is 0. The molecule has 0 atom stereocenters. The molecule has 23 heavy (non-hydrogen) atoms. The number of ether oxygens (including phenoxy) is 1. The molecule has 1 aliphatic heterocycles. The zero-order valence-electron chi connectivity index (χ0n) is 13.1. The number of aromatic nitrogens is 1. The number of carbonyl (C=O) groups excluding carboxylic acids is 1. The fourth-order valence-corrected chi connectivity index (χ4v) is 2.53. The second-order valence-electron chi connectivity index (χ2n) is 5.32. The van der Waals surface area contributed by atoms with Gasteiger partial charge in [0.25, 0.3) is 0 Å². The Kier molecular flexibility index (Phi) is 4.58. The Bertz CT molecular complexity index is 760. The van der Waals surface area contributed by atoms with E-state index in [1.807, 2.05) is 43.3 Å². The molecule has 0 fully saturated rings. The summed E-state index contributed by atoms with van der Waals surface area (Å²) in [5.74, 6) is 6.26. The van der Waals surface area contributed by atoms with Crippen LogP contribution in [0.15, 0.2) is 42.6 Å². The van der Waals surface area contributed by atoms with Crippen LogP contribution in [0.4, 0.5) is 4.79 Å². The topological polar surface area (TPSA) is 42.4 Å². The second-order valence-corrected chi connectivity index (χ2v) is 5.32. The number of carbonyl (C=O) groups is 1. The molecule has 0 radical (unpaired) electrons. The Morgan fingerprint density at radius 2 is 2.04 bits per heavy atom. The molecule has 2 heterocycles. The molecule has 1 aliphatic rings. The molecule has 2 aromatic rings. The maximum absolute atomic E-state index is 11.9. The quantitative estimate of drug-likeness (QED) is 0.761. The lowest BCUT2D eigenvalue weighted by Crippen LogP contribution is -2.36. The second kappa shape index (κ2) is 6.97. The Hall–Kier alpha value is -2.80. The Morgan fingerprint density at radius 3 is 2.83 bits per heavy atom. The monoisotopic (exact) mass is 306 g/mol. The third-order valence-corrected chi connectivity index (χ3v) is 3.69. The van der Waals surface area contributed by atoms with E-state index < -0.39 is 0 Å². The van der Waals surface area contributed by atoms with Gasteiger partial charge in [0.05, 0.1) is 13.2 Å². The molecule has 0 saturated carbocycles. The van der Waals surface area contributed by atoms with Crippen LogP contribution in [0.3, 0.4) is 0 Å². The third-order valence-electron chi connectivity index (χ3n) is 3.69. The lowest BCUT2D eigenvalue weighted by molar-refractivity contribution is 0.102. The van der Waals surface area contributed by atoms with Crippen molar-refractivity contribution < 1.29 is 9.53 Å². The van der Waals surface area contributed by atoms with Gasteiger partial charge in [-0.2, -0.15) is 0 Å². The molecule has 3 rings (SSSR count). The molecule has 0 N–H and O–H groups in total. The minimum absolute atomic E-state index is 0.265. The predicted molar refractivity (Wildman–Crippen MR) is 87.8 cm³/mol. The lowest BCUT2D eigenvalue weighted by Gasteiger charge is -2.27. The standard InChI is InChI=1S/C19H18N2O2/c1-2-23-19(22)21-11-10-18-17(14-21)12-16(13-20-18)9-8-15-6-4-3-5-7-15/h3-7,12-13H,2,10-11,14H2,1H3. The number of hydrogen-bond donors (Lipinski definition) is 0. The van der Waals surface area contributed by atoms with Crippen LogP contribution in [0.5, 0.6) is 0 Å². The average Bonchev–Trinajstić information content (AvgIpc) is 2.60. The van der Waals surface area contributed by atoms with Gasteiger partial charge in [-0.15, -0.1) is 0 Å². The zero-order chi connectivity index (χ0) is 16.1. The highest BCUT2D eigenvalue weighted by molar-refractivity contribution is 5.68. The van der Waals surface area contributed by atoms with E-state index in [9.17, 15) is 4.79 Å². The van der Waals surface area contributed by atoms with Crippen molar-refractivity contribution in [3.63, 3.8) is 0 Å². The van der Waals surface area contributed by atoms with Crippen molar-refractivity contribution in [2.24, 2.45) is 0 Å². The largest absolute Gasteiger partial charge is 0.450 e. The molecule has 1 aromatic carbocycles. The van der Waals surface area contributed by atoms with Crippen molar-refractivity contribution in [1.29, 1.82) is 0 Å². The van der Waals surface area contributed by atoms with Gasteiger partial charge in [-0.25, -0.2) is 4.79 Å². The molecular formula is C19H18N2O2. The number of rotatable bonds is 1. The summed E-state index contributed by atoms with van der Waals surface area (Å²) < 4.78 is 5.07. The molecule has 1 aromatic heterocycles. The molecule has 0 spiro atoms. The van der Waals surface area contributed by atoms with E-state index in [1.54, 1.807) is 11.1 Å². The summed E-state index contributed by atoms with van der Waals surface area (Å²) in [6.07, 6.45) is 2.29. The summed E-state index contributed by atoms with van der Waals surface area (Å²) >= 11 is 0. The van der Waals surface area contributed by atoms with E-state index in [0.29, 0.717) is 19.7 Å². The molecule has 116 valence electrons. The van der Waals surface area contributed by atoms with Gasteiger partial charge in [0.2, 0.25) is 0 Å². The van der Waals surface area contributed by atoms with Crippen molar-refractivity contribution in [3.05, 3.63) is 65.0 Å². The molecule has 0 bridgehead atoms. The summed E-state index contributed by atoms with van der Waals surface area (Å²) in [5, 5.41) is 0. The van der Waals surface area contributed by atoms with Crippen LogP contribution >= 0.6 is 0 Å². The highest BCUT2D eigenvalue weighted by Gasteiger charge is 2.22. The van der Waals surface area contributed by atoms with Crippen molar-refractivity contribution >= 4 is 6.09 Å². The Balaban J connectivity index is 1.78. The fourth-order valence-electron chi connectivity index (χ4n) is 2.53. The average molecular weight is 306 g/mol. The van der Waals surface area contributed by atoms with Crippen molar-refractivity contribution in [2.45, 2.75) is 19.9 Å². The van der Waals surface area contributed by atoms with Crippen LogP contribution in [-0.4, -0.2) is 29.1 Å². The molecular weight excluding hydrogens is 288 g/mol. The minimum Gasteiger partial charge on any atom is -0.450 e. The van der Waals surface area contributed by atoms with Crippen LogP contribution in [0, 0.1) is 11.8 Å². The lowest BCUT2D eigenvalue weighted by atomic mass is 10.0. The van der Waals surface area contributed by atoms with Crippen molar-refractivity contribution in [3.8, 4) is 11.8 Å². The van der Waals surface area contributed by atoms with E-state index in [0.717, 1.165) is 28.8 Å². The molecule has 0 saturated heterocycles. The molecule has 0 unspecified atom stereocenters. The van der Waals surface area contributed by atoms with Crippen LogP contribution < -0.4 is 0 Å². The van der Waals surface area contributed by atoms with Crippen molar-refractivity contribution in [1.82, 2.24) is 9.88 Å². The summed E-state index contributed by atoms with van der Waals surface area (Å²) in [4.78, 5) is 18.1. The van der Waals surface area contributed by atoms with Gasteiger partial charge in [0, 0.05) is 36.0 Å². The Morgan fingerprint density at radius 1 is 1.26 bits per heavy atom. The first kappa shape index (κ1) is 15.1. The number of benzene rings is 1. The van der Waals surface area contributed by atoms with E-state index >= 15 is 0 Å². The first-order valence-corrected chi connectivity index (χ1v) is 7.73. The van der Waals surface area contributed by atoms with Gasteiger partial charge < -0.3 is 9.64 Å².